The summed E-state index contributed by atoms with van der Waals surface area (Å²) >= 11 is 0.731. The van der Waals surface area contributed by atoms with E-state index in [2.05, 4.69) is 30.5 Å². The van der Waals surface area contributed by atoms with Crippen LogP contribution in [0.5, 0.6) is 0 Å². The lowest BCUT2D eigenvalue weighted by atomic mass is 9.87. The van der Waals surface area contributed by atoms with Gasteiger partial charge in [-0.15, -0.1) is 0 Å². The summed E-state index contributed by atoms with van der Waals surface area (Å²) in [6.07, 6.45) is -3.10. The third-order valence-electron chi connectivity index (χ3n) is 3.53. The van der Waals surface area contributed by atoms with Crippen molar-refractivity contribution >= 4 is 12.2 Å². The van der Waals surface area contributed by atoms with Crippen LogP contribution in [-0.4, -0.2) is 36.3 Å². The zero-order valence-corrected chi connectivity index (χ0v) is 14.7. The topological polar surface area (TPSA) is 57.0 Å². The molecule has 1 rings (SSSR count). The highest BCUT2D eigenvalue weighted by molar-refractivity contribution is 7.70. The molecule has 0 aromatic rings. The number of rotatable bonds is 4. The SMILES string of the molecule is COO[SH+]N(C)C(C)(C)C.NOC1CCC(C(F)(F)F)CC1. The van der Waals surface area contributed by atoms with Gasteiger partial charge >= 0.3 is 6.18 Å². The van der Waals surface area contributed by atoms with Crippen molar-refractivity contribution in [3.8, 4) is 0 Å². The Balaban J connectivity index is 0.000000409. The van der Waals surface area contributed by atoms with Gasteiger partial charge in [-0.25, -0.2) is 5.90 Å². The maximum atomic E-state index is 12.1. The summed E-state index contributed by atoms with van der Waals surface area (Å²) in [6, 6.07) is 0. The molecule has 1 fully saturated rings. The van der Waals surface area contributed by atoms with Crippen LogP contribution in [0.25, 0.3) is 0 Å². The highest BCUT2D eigenvalue weighted by Crippen LogP contribution is 2.37. The first-order valence-corrected chi connectivity index (χ1v) is 7.85. The van der Waals surface area contributed by atoms with E-state index in [1.165, 1.54) is 7.11 Å². The molecule has 0 spiro atoms. The Hall–Kier alpha value is -0.0600. The van der Waals surface area contributed by atoms with Crippen LogP contribution < -0.4 is 5.90 Å². The van der Waals surface area contributed by atoms with E-state index in [1.807, 2.05) is 11.4 Å². The molecule has 22 heavy (non-hydrogen) atoms. The number of hydrogen-bond donors (Lipinski definition) is 1. The van der Waals surface area contributed by atoms with Gasteiger partial charge in [-0.05, 0) is 46.5 Å². The van der Waals surface area contributed by atoms with Gasteiger partial charge in [0, 0.05) is 11.4 Å². The van der Waals surface area contributed by atoms with E-state index in [0.29, 0.717) is 12.8 Å². The number of hydrogen-bond acceptors (Lipinski definition) is 5. The van der Waals surface area contributed by atoms with E-state index in [0.717, 1.165) is 12.2 Å². The van der Waals surface area contributed by atoms with Crippen molar-refractivity contribution in [3.05, 3.63) is 0 Å². The minimum Gasteiger partial charge on any atom is -0.301 e. The van der Waals surface area contributed by atoms with Crippen LogP contribution in [0.1, 0.15) is 46.5 Å². The summed E-state index contributed by atoms with van der Waals surface area (Å²) in [5, 5.41) is 0. The van der Waals surface area contributed by atoms with Crippen molar-refractivity contribution in [2.24, 2.45) is 11.8 Å². The Morgan fingerprint density at radius 2 is 1.59 bits per heavy atom. The number of nitrogens with two attached hydrogens (primary N) is 1. The Morgan fingerprint density at radius 3 is 1.91 bits per heavy atom. The van der Waals surface area contributed by atoms with Crippen molar-refractivity contribution in [1.82, 2.24) is 4.31 Å². The molecular formula is C13H28F3N2O3S+. The highest BCUT2D eigenvalue weighted by Gasteiger charge is 2.41. The van der Waals surface area contributed by atoms with Crippen molar-refractivity contribution in [2.45, 2.75) is 64.3 Å². The molecule has 0 bridgehead atoms. The second-order valence-electron chi connectivity index (χ2n) is 6.17. The second-order valence-corrected chi connectivity index (χ2v) is 7.08. The average molecular weight is 349 g/mol. The Bertz CT molecular complexity index is 293. The van der Waals surface area contributed by atoms with Crippen LogP contribution in [0.4, 0.5) is 13.2 Å². The van der Waals surface area contributed by atoms with Gasteiger partial charge in [-0.1, -0.05) is 4.31 Å². The maximum absolute atomic E-state index is 12.1. The molecule has 0 heterocycles. The molecule has 0 radical (unpaired) electrons. The Labute approximate surface area is 134 Å². The number of nitrogens with zero attached hydrogens (tertiary/aromatic N) is 1. The predicted molar refractivity (Wildman–Crippen MR) is 81.4 cm³/mol. The van der Waals surface area contributed by atoms with Crippen LogP contribution in [0.2, 0.25) is 0 Å². The minimum atomic E-state index is -4.04. The first kappa shape index (κ1) is 21.9. The Morgan fingerprint density at radius 1 is 1.09 bits per heavy atom. The molecule has 9 heteroatoms. The highest BCUT2D eigenvalue weighted by atomic mass is 32.2. The van der Waals surface area contributed by atoms with E-state index in [-0.39, 0.29) is 24.5 Å². The summed E-state index contributed by atoms with van der Waals surface area (Å²) in [5.74, 6) is 3.73. The van der Waals surface area contributed by atoms with Crippen molar-refractivity contribution in [1.29, 1.82) is 0 Å². The van der Waals surface area contributed by atoms with Gasteiger partial charge in [0.1, 0.15) is 0 Å². The van der Waals surface area contributed by atoms with Crippen molar-refractivity contribution < 1.29 is 27.2 Å². The molecule has 0 aromatic carbocycles. The van der Waals surface area contributed by atoms with Crippen molar-refractivity contribution in [2.75, 3.05) is 14.2 Å². The molecule has 1 aliphatic rings. The molecule has 0 aliphatic heterocycles. The van der Waals surface area contributed by atoms with Crippen LogP contribution in [0, 0.1) is 5.92 Å². The summed E-state index contributed by atoms with van der Waals surface area (Å²) in [7, 11) is 3.48. The lowest BCUT2D eigenvalue weighted by Gasteiger charge is -2.28. The molecule has 5 nitrogen and oxygen atoms in total. The van der Waals surface area contributed by atoms with E-state index in [1.54, 1.807) is 0 Å². The van der Waals surface area contributed by atoms with E-state index >= 15 is 0 Å². The van der Waals surface area contributed by atoms with Gasteiger partial charge in [0.2, 0.25) is 0 Å². The van der Waals surface area contributed by atoms with Gasteiger partial charge < -0.3 is 4.84 Å². The predicted octanol–water partition coefficient (Wildman–Crippen LogP) is 2.94. The smallest absolute Gasteiger partial charge is 0.301 e. The molecule has 1 aliphatic carbocycles. The number of thiol groups is 1. The van der Waals surface area contributed by atoms with Crippen LogP contribution in [0.3, 0.4) is 0 Å². The first-order valence-electron chi connectivity index (χ1n) is 7.09. The molecule has 134 valence electrons. The summed E-state index contributed by atoms with van der Waals surface area (Å²) < 4.78 is 43.0. The van der Waals surface area contributed by atoms with Gasteiger partial charge in [-0.2, -0.15) is 18.1 Å². The molecule has 1 saturated carbocycles. The van der Waals surface area contributed by atoms with Crippen LogP contribution >= 0.6 is 0 Å². The average Bonchev–Trinajstić information content (AvgIpc) is 2.43. The largest absolute Gasteiger partial charge is 0.391 e. The summed E-state index contributed by atoms with van der Waals surface area (Å²) in [6.45, 7) is 6.33. The molecule has 0 saturated heterocycles. The number of halogens is 3. The van der Waals surface area contributed by atoms with Gasteiger partial charge in [0.05, 0.1) is 24.7 Å². The lowest BCUT2D eigenvalue weighted by molar-refractivity contribution is -0.187. The fourth-order valence-corrected chi connectivity index (χ4v) is 2.14. The first-order chi connectivity index (χ1) is 10.0. The van der Waals surface area contributed by atoms with Gasteiger partial charge in [-0.3, -0.25) is 0 Å². The third-order valence-corrected chi connectivity index (χ3v) is 4.59. The quantitative estimate of drug-likeness (QED) is 0.366. The molecule has 0 unspecified atom stereocenters. The second kappa shape index (κ2) is 9.94. The Kier molecular flexibility index (Phi) is 9.91. The normalized spacial score (nSPS) is 23.2. The number of alkyl halides is 3. The monoisotopic (exact) mass is 349 g/mol. The molecule has 0 aromatic heterocycles. The molecule has 0 amide bonds. The van der Waals surface area contributed by atoms with Gasteiger partial charge in [0.15, 0.2) is 0 Å². The standard InChI is InChI=1S/C7H12F3NO.C6H15NO2S/c8-7(9,10)5-1-3-6(12-11)4-2-5;1-6(2,3)7(4)10-9-8-5/h5-6H,1-4,11H2;1-5H3/p+1. The maximum Gasteiger partial charge on any atom is 0.391 e. The van der Waals surface area contributed by atoms with E-state index in [9.17, 15) is 13.2 Å². The molecular weight excluding hydrogens is 321 g/mol. The fourth-order valence-electron chi connectivity index (χ4n) is 1.73. The van der Waals surface area contributed by atoms with E-state index < -0.39 is 12.1 Å². The lowest BCUT2D eigenvalue weighted by Crippen LogP contribution is -2.37. The zero-order chi connectivity index (χ0) is 17.4. The van der Waals surface area contributed by atoms with E-state index in [4.69, 9.17) is 10.2 Å². The summed E-state index contributed by atoms with van der Waals surface area (Å²) in [5.41, 5.74) is 0.125. The third kappa shape index (κ3) is 9.16. The zero-order valence-electron chi connectivity index (χ0n) is 13.8. The van der Waals surface area contributed by atoms with Crippen LogP contribution in [-0.2, 0) is 26.3 Å². The van der Waals surface area contributed by atoms with Crippen LogP contribution in [0.15, 0.2) is 0 Å². The molecule has 0 atom stereocenters. The minimum absolute atomic E-state index is 0.125. The fraction of sp³-hybridized carbons (Fsp3) is 1.00. The van der Waals surface area contributed by atoms with Crippen molar-refractivity contribution in [3.63, 3.8) is 0 Å². The molecule has 2 N–H and O–H groups in total. The summed E-state index contributed by atoms with van der Waals surface area (Å²) in [4.78, 5) is 8.94. The van der Waals surface area contributed by atoms with Gasteiger partial charge in [0.25, 0.3) is 12.2 Å².